The number of rotatable bonds is 5. The van der Waals surface area contributed by atoms with E-state index in [0.29, 0.717) is 21.3 Å². The van der Waals surface area contributed by atoms with Crippen molar-refractivity contribution in [1.29, 1.82) is 0 Å². The van der Waals surface area contributed by atoms with E-state index in [-0.39, 0.29) is 12.5 Å². The molecule has 26 heavy (non-hydrogen) atoms. The Morgan fingerprint density at radius 3 is 2.69 bits per heavy atom. The van der Waals surface area contributed by atoms with Crippen LogP contribution in [0.2, 0.25) is 10.0 Å². The minimum atomic E-state index is -0.717. The predicted octanol–water partition coefficient (Wildman–Crippen LogP) is 3.08. The molecule has 2 N–H and O–H groups in total. The smallest absolute Gasteiger partial charge is 0.253 e. The summed E-state index contributed by atoms with van der Waals surface area (Å²) in [7, 11) is 0. The van der Waals surface area contributed by atoms with Crippen LogP contribution < -0.4 is 10.6 Å². The van der Waals surface area contributed by atoms with Gasteiger partial charge < -0.3 is 15.0 Å². The first kappa shape index (κ1) is 18.2. The first-order valence-electron chi connectivity index (χ1n) is 7.90. The molecule has 3 aromatic rings. The molecule has 3 rings (SSSR count). The Balaban J connectivity index is 1.58. The van der Waals surface area contributed by atoms with Crippen LogP contribution in [0.5, 0.6) is 0 Å². The van der Waals surface area contributed by atoms with Gasteiger partial charge in [-0.15, -0.1) is 0 Å². The minimum absolute atomic E-state index is 0.241. The van der Waals surface area contributed by atoms with E-state index in [1.54, 1.807) is 60.1 Å². The molecule has 2 aromatic heterocycles. The summed E-state index contributed by atoms with van der Waals surface area (Å²) < 4.78 is 1.78. The number of carbonyl (C=O) groups excluding carboxylic acids is 2. The highest BCUT2D eigenvalue weighted by molar-refractivity contribution is 6.33. The Bertz CT molecular complexity index is 971. The third-order valence-corrected chi connectivity index (χ3v) is 4.32. The summed E-state index contributed by atoms with van der Waals surface area (Å²) in [5, 5.41) is 6.31. The summed E-state index contributed by atoms with van der Waals surface area (Å²) in [5.41, 5.74) is 1.75. The number of amides is 2. The van der Waals surface area contributed by atoms with Gasteiger partial charge in [0.05, 0.1) is 27.8 Å². The number of hydrogen-bond donors (Lipinski definition) is 2. The molecular weight excluding hydrogens is 375 g/mol. The normalized spacial score (nSPS) is 12.0. The fourth-order valence-corrected chi connectivity index (χ4v) is 2.81. The number of benzene rings is 1. The molecule has 1 unspecified atom stereocenters. The molecule has 1 atom stereocenters. The number of pyridine rings is 1. The molecule has 0 saturated heterocycles. The zero-order valence-electron chi connectivity index (χ0n) is 13.9. The van der Waals surface area contributed by atoms with Crippen LogP contribution in [0, 0.1) is 0 Å². The fourth-order valence-electron chi connectivity index (χ4n) is 2.42. The van der Waals surface area contributed by atoms with Crippen LogP contribution in [0.15, 0.2) is 48.8 Å². The second kappa shape index (κ2) is 7.76. The molecule has 0 saturated carbocycles. The van der Waals surface area contributed by atoms with Crippen LogP contribution in [-0.2, 0) is 11.3 Å². The van der Waals surface area contributed by atoms with E-state index in [4.69, 9.17) is 23.2 Å². The Labute approximate surface area is 160 Å². The largest absolute Gasteiger partial charge is 0.349 e. The average Bonchev–Trinajstić information content (AvgIpc) is 3.01. The number of nitrogens with one attached hydrogen (secondary N) is 2. The van der Waals surface area contributed by atoms with Crippen molar-refractivity contribution in [2.75, 3.05) is 0 Å². The van der Waals surface area contributed by atoms with Crippen molar-refractivity contribution in [2.45, 2.75) is 19.5 Å². The van der Waals surface area contributed by atoms with Gasteiger partial charge in [-0.05, 0) is 31.2 Å². The van der Waals surface area contributed by atoms with E-state index in [9.17, 15) is 9.59 Å². The summed E-state index contributed by atoms with van der Waals surface area (Å²) >= 11 is 11.9. The van der Waals surface area contributed by atoms with E-state index >= 15 is 0 Å². The van der Waals surface area contributed by atoms with Crippen molar-refractivity contribution in [3.05, 3.63) is 70.1 Å². The van der Waals surface area contributed by atoms with Gasteiger partial charge in [0.15, 0.2) is 0 Å². The molecule has 134 valence electrons. The molecule has 8 heteroatoms. The summed E-state index contributed by atoms with van der Waals surface area (Å²) in [4.78, 5) is 28.8. The van der Waals surface area contributed by atoms with Crippen LogP contribution in [0.1, 0.15) is 23.0 Å². The lowest BCUT2D eigenvalue weighted by molar-refractivity contribution is -0.122. The maximum absolute atomic E-state index is 12.2. The van der Waals surface area contributed by atoms with E-state index in [0.717, 1.165) is 5.65 Å². The Kier molecular flexibility index (Phi) is 5.44. The SMILES string of the molecule is CC(NC(=O)c1ccccc1Cl)C(=O)NCc1cn2cc(Cl)ccc2n1. The van der Waals surface area contributed by atoms with Gasteiger partial charge in [-0.2, -0.15) is 0 Å². The van der Waals surface area contributed by atoms with Gasteiger partial charge in [0, 0.05) is 12.4 Å². The first-order valence-corrected chi connectivity index (χ1v) is 8.66. The number of halogens is 2. The lowest BCUT2D eigenvalue weighted by Crippen LogP contribution is -2.44. The number of hydrogen-bond acceptors (Lipinski definition) is 3. The van der Waals surface area contributed by atoms with Crippen LogP contribution in [-0.4, -0.2) is 27.2 Å². The van der Waals surface area contributed by atoms with E-state index in [1.165, 1.54) is 0 Å². The van der Waals surface area contributed by atoms with Crippen LogP contribution in [0.3, 0.4) is 0 Å². The van der Waals surface area contributed by atoms with Crippen molar-refractivity contribution < 1.29 is 9.59 Å². The quantitative estimate of drug-likeness (QED) is 0.702. The highest BCUT2D eigenvalue weighted by Crippen LogP contribution is 2.15. The lowest BCUT2D eigenvalue weighted by Gasteiger charge is -2.14. The summed E-state index contributed by atoms with van der Waals surface area (Å²) in [6.07, 6.45) is 3.52. The van der Waals surface area contributed by atoms with E-state index < -0.39 is 11.9 Å². The number of nitrogens with zero attached hydrogens (tertiary/aromatic N) is 2. The highest BCUT2D eigenvalue weighted by atomic mass is 35.5. The third-order valence-electron chi connectivity index (χ3n) is 3.77. The van der Waals surface area contributed by atoms with Gasteiger partial charge in [0.1, 0.15) is 11.7 Å². The molecule has 0 aliphatic carbocycles. The zero-order valence-corrected chi connectivity index (χ0v) is 15.4. The number of carbonyl (C=O) groups is 2. The standard InChI is InChI=1S/C18H16Cl2N4O2/c1-11(22-18(26)14-4-2-3-5-15(14)20)17(25)21-8-13-10-24-9-12(19)6-7-16(24)23-13/h2-7,9-11H,8H2,1H3,(H,21,25)(H,22,26). The Hall–Kier alpha value is -2.57. The Morgan fingerprint density at radius 1 is 1.15 bits per heavy atom. The summed E-state index contributed by atoms with van der Waals surface area (Å²) in [6.45, 7) is 1.85. The lowest BCUT2D eigenvalue weighted by atomic mass is 10.2. The average molecular weight is 391 g/mol. The van der Waals surface area contributed by atoms with E-state index in [2.05, 4.69) is 15.6 Å². The van der Waals surface area contributed by atoms with Gasteiger partial charge in [-0.25, -0.2) is 4.98 Å². The van der Waals surface area contributed by atoms with Crippen molar-refractivity contribution >= 4 is 40.7 Å². The molecule has 0 aliphatic heterocycles. The second-order valence-electron chi connectivity index (χ2n) is 5.74. The molecule has 6 nitrogen and oxygen atoms in total. The molecule has 0 fully saturated rings. The van der Waals surface area contributed by atoms with Crippen LogP contribution in [0.25, 0.3) is 5.65 Å². The van der Waals surface area contributed by atoms with Gasteiger partial charge in [0.2, 0.25) is 5.91 Å². The molecule has 2 heterocycles. The van der Waals surface area contributed by atoms with Crippen molar-refractivity contribution in [2.24, 2.45) is 0 Å². The molecule has 2 amide bonds. The first-order chi connectivity index (χ1) is 12.4. The van der Waals surface area contributed by atoms with Gasteiger partial charge in [0.25, 0.3) is 5.91 Å². The molecule has 1 aromatic carbocycles. The molecule has 0 spiro atoms. The van der Waals surface area contributed by atoms with E-state index in [1.807, 2.05) is 0 Å². The van der Waals surface area contributed by atoms with Gasteiger partial charge >= 0.3 is 0 Å². The van der Waals surface area contributed by atoms with Crippen LogP contribution >= 0.6 is 23.2 Å². The Morgan fingerprint density at radius 2 is 1.92 bits per heavy atom. The summed E-state index contributed by atoms with van der Waals surface area (Å²) in [6, 6.07) is 9.49. The fraction of sp³-hybridized carbons (Fsp3) is 0.167. The van der Waals surface area contributed by atoms with Crippen molar-refractivity contribution in [3.8, 4) is 0 Å². The van der Waals surface area contributed by atoms with Crippen LogP contribution in [0.4, 0.5) is 0 Å². The minimum Gasteiger partial charge on any atom is -0.349 e. The topological polar surface area (TPSA) is 75.5 Å². The molecule has 0 aliphatic rings. The second-order valence-corrected chi connectivity index (χ2v) is 6.58. The van der Waals surface area contributed by atoms with Gasteiger partial charge in [-0.1, -0.05) is 35.3 Å². The number of aromatic nitrogens is 2. The maximum atomic E-state index is 12.2. The maximum Gasteiger partial charge on any atom is 0.253 e. The third kappa shape index (κ3) is 4.15. The number of imidazole rings is 1. The number of fused-ring (bicyclic) bond motifs is 1. The summed E-state index contributed by atoms with van der Waals surface area (Å²) in [5.74, 6) is -0.721. The molecular formula is C18H16Cl2N4O2. The monoisotopic (exact) mass is 390 g/mol. The molecule has 0 radical (unpaired) electrons. The van der Waals surface area contributed by atoms with Gasteiger partial charge in [-0.3, -0.25) is 9.59 Å². The molecule has 0 bridgehead atoms. The van der Waals surface area contributed by atoms with Crippen molar-refractivity contribution in [1.82, 2.24) is 20.0 Å². The van der Waals surface area contributed by atoms with Crippen molar-refractivity contribution in [3.63, 3.8) is 0 Å². The highest BCUT2D eigenvalue weighted by Gasteiger charge is 2.18. The predicted molar refractivity (Wildman–Crippen MR) is 100 cm³/mol. The zero-order chi connectivity index (χ0) is 18.7.